The Morgan fingerprint density at radius 1 is 1.18 bits per heavy atom. The number of rotatable bonds is 6. The Labute approximate surface area is 175 Å². The summed E-state index contributed by atoms with van der Waals surface area (Å²) in [6.45, 7) is 3.24. The number of nitrogens with zero attached hydrogens (tertiary/aromatic N) is 3. The van der Waals surface area contributed by atoms with E-state index in [4.69, 9.17) is 0 Å². The zero-order valence-corrected chi connectivity index (χ0v) is 17.8. The van der Waals surface area contributed by atoms with E-state index >= 15 is 0 Å². The summed E-state index contributed by atoms with van der Waals surface area (Å²) in [4.78, 5) is 21.5. The highest BCUT2D eigenvalue weighted by molar-refractivity contribution is 9.10. The van der Waals surface area contributed by atoms with Gasteiger partial charge in [-0.3, -0.25) is 4.79 Å². The third-order valence-electron chi connectivity index (χ3n) is 4.47. The smallest absolute Gasteiger partial charge is 0.226 e. The van der Waals surface area contributed by atoms with E-state index in [0.29, 0.717) is 13.1 Å². The Morgan fingerprint density at radius 3 is 2.89 bits per heavy atom. The monoisotopic (exact) mass is 454 g/mol. The summed E-state index contributed by atoms with van der Waals surface area (Å²) in [7, 11) is 0. The number of hydrogen-bond acceptors (Lipinski definition) is 4. The molecule has 0 fully saturated rings. The van der Waals surface area contributed by atoms with Crippen LogP contribution in [0.15, 0.2) is 58.4 Å². The van der Waals surface area contributed by atoms with Gasteiger partial charge in [-0.05, 0) is 31.2 Å². The standard InChI is InChI=1S/C21H19BrN4OS/c1-14-24-18-7-2-3-8-19(18)26(14)10-9-23-20(27)12-17-13-28-21(25-17)15-5-4-6-16(22)11-15/h2-8,11,13H,9-10,12H2,1H3,(H,23,27). The predicted molar refractivity (Wildman–Crippen MR) is 116 cm³/mol. The lowest BCUT2D eigenvalue weighted by atomic mass is 10.2. The largest absolute Gasteiger partial charge is 0.354 e. The van der Waals surface area contributed by atoms with Crippen molar-refractivity contribution in [2.75, 3.05) is 6.54 Å². The summed E-state index contributed by atoms with van der Waals surface area (Å²) in [6.07, 6.45) is 0.286. The number of fused-ring (bicyclic) bond motifs is 1. The lowest BCUT2D eigenvalue weighted by Crippen LogP contribution is -2.28. The predicted octanol–water partition coefficient (Wildman–Crippen LogP) is 4.59. The maximum atomic E-state index is 12.3. The molecule has 0 radical (unpaired) electrons. The Kier molecular flexibility index (Phi) is 5.54. The fraction of sp³-hybridized carbons (Fsp3) is 0.190. The van der Waals surface area contributed by atoms with E-state index in [0.717, 1.165) is 37.6 Å². The summed E-state index contributed by atoms with van der Waals surface area (Å²) < 4.78 is 3.14. The first-order chi connectivity index (χ1) is 13.6. The van der Waals surface area contributed by atoms with Crippen molar-refractivity contribution in [1.82, 2.24) is 19.9 Å². The van der Waals surface area contributed by atoms with Crippen molar-refractivity contribution >= 4 is 44.2 Å². The van der Waals surface area contributed by atoms with Crippen molar-refractivity contribution in [3.8, 4) is 10.6 Å². The van der Waals surface area contributed by atoms with Crippen molar-refractivity contribution < 1.29 is 4.79 Å². The summed E-state index contributed by atoms with van der Waals surface area (Å²) in [5, 5.41) is 5.86. The highest BCUT2D eigenvalue weighted by Crippen LogP contribution is 2.26. The summed E-state index contributed by atoms with van der Waals surface area (Å²) in [5.41, 5.74) is 3.91. The maximum absolute atomic E-state index is 12.3. The number of thiazole rings is 1. The van der Waals surface area contributed by atoms with Gasteiger partial charge in [-0.15, -0.1) is 11.3 Å². The van der Waals surface area contributed by atoms with Crippen LogP contribution in [-0.4, -0.2) is 27.0 Å². The van der Waals surface area contributed by atoms with Crippen LogP contribution in [0.3, 0.4) is 0 Å². The highest BCUT2D eigenvalue weighted by Gasteiger charge is 2.10. The maximum Gasteiger partial charge on any atom is 0.226 e. The molecule has 28 heavy (non-hydrogen) atoms. The number of carbonyl (C=O) groups excluding carboxylic acids is 1. The number of nitrogens with one attached hydrogen (secondary N) is 1. The highest BCUT2D eigenvalue weighted by atomic mass is 79.9. The van der Waals surface area contributed by atoms with Gasteiger partial charge in [0.05, 0.1) is 23.1 Å². The molecular weight excluding hydrogens is 436 g/mol. The molecule has 0 saturated carbocycles. The molecule has 4 rings (SSSR count). The number of imidazole rings is 1. The molecule has 142 valence electrons. The molecule has 7 heteroatoms. The fourth-order valence-electron chi connectivity index (χ4n) is 3.15. The lowest BCUT2D eigenvalue weighted by Gasteiger charge is -2.08. The molecule has 2 aromatic heterocycles. The van der Waals surface area contributed by atoms with Crippen LogP contribution in [0.1, 0.15) is 11.5 Å². The second kappa shape index (κ2) is 8.24. The minimum atomic E-state index is -0.0202. The van der Waals surface area contributed by atoms with Crippen LogP contribution in [0.4, 0.5) is 0 Å². The fourth-order valence-corrected chi connectivity index (χ4v) is 4.37. The molecule has 5 nitrogen and oxygen atoms in total. The molecule has 0 aliphatic heterocycles. The molecule has 1 amide bonds. The van der Waals surface area contributed by atoms with Gasteiger partial charge < -0.3 is 9.88 Å². The van der Waals surface area contributed by atoms with E-state index in [1.807, 2.05) is 54.8 Å². The van der Waals surface area contributed by atoms with Gasteiger partial charge in [0, 0.05) is 28.5 Å². The first-order valence-corrected chi connectivity index (χ1v) is 10.7. The molecule has 0 aliphatic carbocycles. The number of aromatic nitrogens is 3. The molecule has 0 saturated heterocycles. The van der Waals surface area contributed by atoms with E-state index in [2.05, 4.69) is 41.8 Å². The summed E-state index contributed by atoms with van der Waals surface area (Å²) in [5.74, 6) is 0.932. The molecule has 4 aromatic rings. The van der Waals surface area contributed by atoms with E-state index in [-0.39, 0.29) is 12.3 Å². The second-order valence-corrected chi connectivity index (χ2v) is 8.25. The lowest BCUT2D eigenvalue weighted by molar-refractivity contribution is -0.120. The van der Waals surface area contributed by atoms with Gasteiger partial charge >= 0.3 is 0 Å². The third kappa shape index (κ3) is 4.15. The van der Waals surface area contributed by atoms with E-state index in [1.165, 1.54) is 0 Å². The SMILES string of the molecule is Cc1nc2ccccc2n1CCNC(=O)Cc1csc(-c2cccc(Br)c2)n1. The summed E-state index contributed by atoms with van der Waals surface area (Å²) in [6, 6.07) is 16.1. The van der Waals surface area contributed by atoms with Gasteiger partial charge in [0.1, 0.15) is 10.8 Å². The molecule has 0 atom stereocenters. The first kappa shape index (κ1) is 18.8. The van der Waals surface area contributed by atoms with Crippen LogP contribution < -0.4 is 5.32 Å². The van der Waals surface area contributed by atoms with Crippen LogP contribution in [0.25, 0.3) is 21.6 Å². The Bertz CT molecular complexity index is 1130. The number of aryl methyl sites for hydroxylation is 1. The van der Waals surface area contributed by atoms with Crippen LogP contribution in [0, 0.1) is 6.92 Å². The molecular formula is C21H19BrN4OS. The average Bonchev–Trinajstić information content (AvgIpc) is 3.26. The average molecular weight is 455 g/mol. The number of hydrogen-bond donors (Lipinski definition) is 1. The minimum absolute atomic E-state index is 0.0202. The third-order valence-corrected chi connectivity index (χ3v) is 5.90. The number of para-hydroxylation sites is 2. The molecule has 0 bridgehead atoms. The van der Waals surface area contributed by atoms with E-state index in [9.17, 15) is 4.79 Å². The van der Waals surface area contributed by atoms with Crippen molar-refractivity contribution in [3.63, 3.8) is 0 Å². The van der Waals surface area contributed by atoms with Crippen molar-refractivity contribution in [2.45, 2.75) is 19.9 Å². The molecule has 0 aliphatic rings. The zero-order chi connectivity index (χ0) is 19.5. The van der Waals surface area contributed by atoms with Gasteiger partial charge in [0.2, 0.25) is 5.91 Å². The number of carbonyl (C=O) groups is 1. The topological polar surface area (TPSA) is 59.8 Å². The van der Waals surface area contributed by atoms with Gasteiger partial charge in [0.25, 0.3) is 0 Å². The molecule has 2 aromatic carbocycles. The second-order valence-electron chi connectivity index (χ2n) is 6.48. The zero-order valence-electron chi connectivity index (χ0n) is 15.4. The van der Waals surface area contributed by atoms with E-state index in [1.54, 1.807) is 11.3 Å². The Balaban J connectivity index is 1.34. The molecule has 2 heterocycles. The van der Waals surface area contributed by atoms with Crippen molar-refractivity contribution in [3.05, 3.63) is 69.9 Å². The van der Waals surface area contributed by atoms with Crippen LogP contribution in [0.2, 0.25) is 0 Å². The van der Waals surface area contributed by atoms with Gasteiger partial charge in [-0.2, -0.15) is 0 Å². The molecule has 1 N–H and O–H groups in total. The number of benzene rings is 2. The van der Waals surface area contributed by atoms with Crippen molar-refractivity contribution in [1.29, 1.82) is 0 Å². The van der Waals surface area contributed by atoms with Crippen LogP contribution in [-0.2, 0) is 17.8 Å². The van der Waals surface area contributed by atoms with Crippen LogP contribution >= 0.6 is 27.3 Å². The summed E-state index contributed by atoms with van der Waals surface area (Å²) >= 11 is 5.03. The Hall–Kier alpha value is -2.51. The number of amides is 1. The van der Waals surface area contributed by atoms with Crippen LogP contribution in [0.5, 0.6) is 0 Å². The minimum Gasteiger partial charge on any atom is -0.354 e. The van der Waals surface area contributed by atoms with Crippen molar-refractivity contribution in [2.24, 2.45) is 0 Å². The molecule has 0 unspecified atom stereocenters. The van der Waals surface area contributed by atoms with Gasteiger partial charge in [0.15, 0.2) is 0 Å². The van der Waals surface area contributed by atoms with E-state index < -0.39 is 0 Å². The quantitative estimate of drug-likeness (QED) is 0.463. The van der Waals surface area contributed by atoms with Gasteiger partial charge in [-0.1, -0.05) is 40.2 Å². The molecule has 0 spiro atoms. The number of halogens is 1. The Morgan fingerprint density at radius 2 is 2.04 bits per heavy atom. The first-order valence-electron chi connectivity index (χ1n) is 8.99. The van der Waals surface area contributed by atoms with Gasteiger partial charge in [-0.25, -0.2) is 9.97 Å². The normalized spacial score (nSPS) is 11.1.